The van der Waals surface area contributed by atoms with Crippen LogP contribution in [0.2, 0.25) is 0 Å². The maximum absolute atomic E-state index is 13.1. The van der Waals surface area contributed by atoms with Crippen LogP contribution in [0.25, 0.3) is 22.3 Å². The molecule has 0 atom stereocenters. The van der Waals surface area contributed by atoms with Gasteiger partial charge in [-0.1, -0.05) is 24.3 Å². The SMILES string of the molecule is CN(Cc1ccco1)C(=O)c1cc(-c2ccccn2)nc2ccccc12. The van der Waals surface area contributed by atoms with Gasteiger partial charge >= 0.3 is 0 Å². The van der Waals surface area contributed by atoms with Gasteiger partial charge in [-0.3, -0.25) is 9.78 Å². The number of nitrogens with zero attached hydrogens (tertiary/aromatic N) is 3. The van der Waals surface area contributed by atoms with Gasteiger partial charge in [0.2, 0.25) is 0 Å². The highest BCUT2D eigenvalue weighted by atomic mass is 16.3. The Morgan fingerprint density at radius 1 is 1.04 bits per heavy atom. The van der Waals surface area contributed by atoms with E-state index >= 15 is 0 Å². The number of aromatic nitrogens is 2. The van der Waals surface area contributed by atoms with Crippen molar-refractivity contribution in [3.63, 3.8) is 0 Å². The molecule has 0 bridgehead atoms. The minimum Gasteiger partial charge on any atom is -0.467 e. The van der Waals surface area contributed by atoms with Crippen LogP contribution in [0.1, 0.15) is 16.1 Å². The number of amides is 1. The van der Waals surface area contributed by atoms with Gasteiger partial charge in [-0.05, 0) is 36.4 Å². The number of furan rings is 1. The lowest BCUT2D eigenvalue weighted by Gasteiger charge is -2.17. The summed E-state index contributed by atoms with van der Waals surface area (Å²) < 4.78 is 5.35. The van der Waals surface area contributed by atoms with E-state index in [9.17, 15) is 4.79 Å². The van der Waals surface area contributed by atoms with Crippen molar-refractivity contribution in [2.75, 3.05) is 7.05 Å². The molecule has 0 saturated heterocycles. The maximum atomic E-state index is 13.1. The van der Waals surface area contributed by atoms with Crippen molar-refractivity contribution in [3.05, 3.63) is 84.4 Å². The summed E-state index contributed by atoms with van der Waals surface area (Å²) in [5, 5.41) is 0.823. The van der Waals surface area contributed by atoms with Crippen LogP contribution in [0, 0.1) is 0 Å². The third-order valence-electron chi connectivity index (χ3n) is 4.19. The Morgan fingerprint density at radius 3 is 2.65 bits per heavy atom. The molecular formula is C21H17N3O2. The maximum Gasteiger partial charge on any atom is 0.254 e. The zero-order chi connectivity index (χ0) is 17.9. The molecule has 4 rings (SSSR count). The second-order valence-corrected chi connectivity index (χ2v) is 6.03. The van der Waals surface area contributed by atoms with E-state index < -0.39 is 0 Å². The van der Waals surface area contributed by atoms with Crippen LogP contribution in [0.3, 0.4) is 0 Å². The topological polar surface area (TPSA) is 59.2 Å². The Morgan fingerprint density at radius 2 is 1.88 bits per heavy atom. The molecule has 3 heterocycles. The number of rotatable bonds is 4. The highest BCUT2D eigenvalue weighted by Crippen LogP contribution is 2.25. The molecule has 5 nitrogen and oxygen atoms in total. The first-order valence-corrected chi connectivity index (χ1v) is 8.31. The van der Waals surface area contributed by atoms with Crippen molar-refractivity contribution >= 4 is 16.8 Å². The van der Waals surface area contributed by atoms with Gasteiger partial charge < -0.3 is 9.32 Å². The Bertz CT molecular complexity index is 1040. The minimum absolute atomic E-state index is 0.0859. The second-order valence-electron chi connectivity index (χ2n) is 6.03. The molecule has 0 aliphatic rings. The van der Waals surface area contributed by atoms with E-state index in [0.29, 0.717) is 17.8 Å². The number of carbonyl (C=O) groups excluding carboxylic acids is 1. The number of hydrogen-bond donors (Lipinski definition) is 0. The summed E-state index contributed by atoms with van der Waals surface area (Å²) in [6, 6.07) is 18.8. The smallest absolute Gasteiger partial charge is 0.254 e. The van der Waals surface area contributed by atoms with Crippen molar-refractivity contribution in [1.29, 1.82) is 0 Å². The van der Waals surface area contributed by atoms with Crippen LogP contribution in [-0.2, 0) is 6.54 Å². The van der Waals surface area contributed by atoms with Crippen molar-refractivity contribution in [2.24, 2.45) is 0 Å². The summed E-state index contributed by atoms with van der Waals surface area (Å²) >= 11 is 0. The molecular weight excluding hydrogens is 326 g/mol. The number of pyridine rings is 2. The van der Waals surface area contributed by atoms with E-state index in [0.717, 1.165) is 22.4 Å². The number of hydrogen-bond acceptors (Lipinski definition) is 4. The molecule has 26 heavy (non-hydrogen) atoms. The van der Waals surface area contributed by atoms with Crippen molar-refractivity contribution in [1.82, 2.24) is 14.9 Å². The zero-order valence-electron chi connectivity index (χ0n) is 14.3. The Kier molecular flexibility index (Phi) is 4.19. The largest absolute Gasteiger partial charge is 0.467 e. The summed E-state index contributed by atoms with van der Waals surface area (Å²) in [7, 11) is 1.76. The van der Waals surface area contributed by atoms with E-state index in [4.69, 9.17) is 4.42 Å². The third-order valence-corrected chi connectivity index (χ3v) is 4.19. The quantitative estimate of drug-likeness (QED) is 0.558. The lowest BCUT2D eigenvalue weighted by Crippen LogP contribution is -2.26. The molecule has 5 heteroatoms. The van der Waals surface area contributed by atoms with E-state index in [-0.39, 0.29) is 5.91 Å². The van der Waals surface area contributed by atoms with Gasteiger partial charge in [0.1, 0.15) is 5.76 Å². The lowest BCUT2D eigenvalue weighted by atomic mass is 10.0. The zero-order valence-corrected chi connectivity index (χ0v) is 14.3. The fourth-order valence-electron chi connectivity index (χ4n) is 2.91. The highest BCUT2D eigenvalue weighted by Gasteiger charge is 2.18. The predicted octanol–water partition coefficient (Wildman–Crippen LogP) is 4.16. The molecule has 0 aliphatic heterocycles. The number of benzene rings is 1. The van der Waals surface area contributed by atoms with Gasteiger partial charge in [0, 0.05) is 18.6 Å². The van der Waals surface area contributed by atoms with Crippen LogP contribution in [0.15, 0.2) is 77.5 Å². The Balaban J connectivity index is 1.78. The summed E-state index contributed by atoms with van der Waals surface area (Å²) in [6.45, 7) is 0.404. The van der Waals surface area contributed by atoms with Gasteiger partial charge in [-0.2, -0.15) is 0 Å². The molecule has 1 amide bonds. The first-order chi connectivity index (χ1) is 12.7. The van der Waals surface area contributed by atoms with Crippen molar-refractivity contribution in [2.45, 2.75) is 6.54 Å². The molecule has 0 unspecified atom stereocenters. The summed E-state index contributed by atoms with van der Waals surface area (Å²) in [6.07, 6.45) is 3.32. The molecule has 0 saturated carbocycles. The molecule has 0 spiro atoms. The first-order valence-electron chi connectivity index (χ1n) is 8.31. The van der Waals surface area contributed by atoms with Gasteiger partial charge in [0.05, 0.1) is 35.3 Å². The molecule has 0 N–H and O–H groups in total. The Labute approximate surface area is 150 Å². The number of para-hydroxylation sites is 1. The van der Waals surface area contributed by atoms with E-state index in [1.54, 1.807) is 24.4 Å². The molecule has 128 valence electrons. The molecule has 4 aromatic rings. The average Bonchev–Trinajstić information content (AvgIpc) is 3.20. The monoisotopic (exact) mass is 343 g/mol. The van der Waals surface area contributed by atoms with Crippen LogP contribution < -0.4 is 0 Å². The summed E-state index contributed by atoms with van der Waals surface area (Å²) in [5.41, 5.74) is 2.79. The van der Waals surface area contributed by atoms with Gasteiger partial charge in [0.15, 0.2) is 0 Å². The van der Waals surface area contributed by atoms with Crippen LogP contribution in [0.5, 0.6) is 0 Å². The average molecular weight is 343 g/mol. The molecule has 3 aromatic heterocycles. The fraction of sp³-hybridized carbons (Fsp3) is 0.0952. The number of carbonyl (C=O) groups is 1. The standard InChI is InChI=1S/C21H17N3O2/c1-24(14-15-7-6-12-26-15)21(25)17-13-20(19-10-4-5-11-22-19)23-18-9-3-2-8-16(17)18/h2-13H,14H2,1H3. The first kappa shape index (κ1) is 16.0. The van der Waals surface area contributed by atoms with Gasteiger partial charge in [0.25, 0.3) is 5.91 Å². The van der Waals surface area contributed by atoms with Gasteiger partial charge in [-0.25, -0.2) is 4.98 Å². The highest BCUT2D eigenvalue weighted by molar-refractivity contribution is 6.07. The van der Waals surface area contributed by atoms with Crippen molar-refractivity contribution in [3.8, 4) is 11.4 Å². The van der Waals surface area contributed by atoms with Crippen LogP contribution in [-0.4, -0.2) is 27.8 Å². The third kappa shape index (κ3) is 3.07. The Hall–Kier alpha value is -3.47. The van der Waals surface area contributed by atoms with Crippen LogP contribution in [0.4, 0.5) is 0 Å². The normalized spacial score (nSPS) is 10.8. The summed E-state index contributed by atoms with van der Waals surface area (Å²) in [4.78, 5) is 23.8. The van der Waals surface area contributed by atoms with E-state index in [1.807, 2.05) is 60.7 Å². The van der Waals surface area contributed by atoms with E-state index in [2.05, 4.69) is 9.97 Å². The molecule has 0 fully saturated rings. The van der Waals surface area contributed by atoms with Crippen molar-refractivity contribution < 1.29 is 9.21 Å². The lowest BCUT2D eigenvalue weighted by molar-refractivity contribution is 0.0777. The molecule has 1 aromatic carbocycles. The molecule has 0 radical (unpaired) electrons. The predicted molar refractivity (Wildman–Crippen MR) is 99.5 cm³/mol. The van der Waals surface area contributed by atoms with E-state index in [1.165, 1.54) is 0 Å². The fourth-order valence-corrected chi connectivity index (χ4v) is 2.91. The second kappa shape index (κ2) is 6.80. The minimum atomic E-state index is -0.0859. The van der Waals surface area contributed by atoms with Crippen LogP contribution >= 0.6 is 0 Å². The number of fused-ring (bicyclic) bond motifs is 1. The van der Waals surface area contributed by atoms with Gasteiger partial charge in [-0.15, -0.1) is 0 Å². The molecule has 0 aliphatic carbocycles. The summed E-state index contributed by atoms with van der Waals surface area (Å²) in [5.74, 6) is 0.654.